The first-order valence-corrected chi connectivity index (χ1v) is 10.00. The molecule has 1 atom stereocenters. The number of nitriles is 1. The van der Waals surface area contributed by atoms with E-state index in [2.05, 4.69) is 0 Å². The summed E-state index contributed by atoms with van der Waals surface area (Å²) in [7, 11) is 0. The van der Waals surface area contributed by atoms with E-state index >= 15 is 0 Å². The Labute approximate surface area is 180 Å². The van der Waals surface area contributed by atoms with Crippen LogP contribution in [0.2, 0.25) is 0 Å². The van der Waals surface area contributed by atoms with Crippen LogP contribution < -0.4 is 10.5 Å². The van der Waals surface area contributed by atoms with E-state index in [0.29, 0.717) is 37.6 Å². The number of esters is 1. The zero-order valence-electron chi connectivity index (χ0n) is 17.6. The van der Waals surface area contributed by atoms with Gasteiger partial charge in [0, 0.05) is 13.1 Å². The molecule has 1 aromatic carbocycles. The van der Waals surface area contributed by atoms with Crippen molar-refractivity contribution in [1.29, 1.82) is 5.26 Å². The first-order valence-electron chi connectivity index (χ1n) is 10.00. The van der Waals surface area contributed by atoms with E-state index in [0.717, 1.165) is 0 Å². The van der Waals surface area contributed by atoms with Crippen LogP contribution in [0, 0.1) is 11.3 Å². The zero-order valence-corrected chi connectivity index (χ0v) is 17.6. The topological polar surface area (TPSA) is 124 Å². The lowest BCUT2D eigenvalue weighted by molar-refractivity contribution is -0.139. The number of hydrogen-bond acceptors (Lipinski definition) is 8. The molecule has 2 N–H and O–H groups in total. The highest BCUT2D eigenvalue weighted by Gasteiger charge is 2.36. The Balaban J connectivity index is 1.78. The van der Waals surface area contributed by atoms with Gasteiger partial charge in [-0.3, -0.25) is 4.79 Å². The van der Waals surface area contributed by atoms with Gasteiger partial charge < -0.3 is 29.6 Å². The van der Waals surface area contributed by atoms with Crippen molar-refractivity contribution in [3.05, 3.63) is 52.6 Å². The first-order chi connectivity index (χ1) is 15.0. The minimum absolute atomic E-state index is 0.0468. The summed E-state index contributed by atoms with van der Waals surface area (Å²) in [6.07, 6.45) is 0. The number of amides is 1. The third-order valence-corrected chi connectivity index (χ3v) is 5.04. The minimum Gasteiger partial charge on any atom is -0.484 e. The summed E-state index contributed by atoms with van der Waals surface area (Å²) in [6, 6.07) is 8.85. The molecule has 1 aromatic rings. The van der Waals surface area contributed by atoms with Crippen LogP contribution in [0.5, 0.6) is 5.75 Å². The lowest BCUT2D eigenvalue weighted by atomic mass is 9.83. The average Bonchev–Trinajstić information content (AvgIpc) is 2.78. The molecule has 9 heteroatoms. The van der Waals surface area contributed by atoms with Crippen molar-refractivity contribution in [2.24, 2.45) is 5.73 Å². The summed E-state index contributed by atoms with van der Waals surface area (Å²) < 4.78 is 21.4. The second-order valence-corrected chi connectivity index (χ2v) is 6.97. The molecule has 0 radical (unpaired) electrons. The van der Waals surface area contributed by atoms with Gasteiger partial charge in [0.05, 0.1) is 31.3 Å². The molecule has 1 amide bonds. The van der Waals surface area contributed by atoms with Gasteiger partial charge in [-0.1, -0.05) is 12.1 Å². The van der Waals surface area contributed by atoms with Crippen LogP contribution >= 0.6 is 0 Å². The van der Waals surface area contributed by atoms with Crippen LogP contribution in [-0.4, -0.2) is 56.3 Å². The van der Waals surface area contributed by atoms with Gasteiger partial charge >= 0.3 is 5.97 Å². The van der Waals surface area contributed by atoms with Gasteiger partial charge in [0.25, 0.3) is 5.91 Å². The summed E-state index contributed by atoms with van der Waals surface area (Å²) in [5.74, 6) is -0.664. The summed E-state index contributed by atoms with van der Waals surface area (Å²) in [5.41, 5.74) is 6.90. The lowest BCUT2D eigenvalue weighted by Crippen LogP contribution is -2.42. The van der Waals surface area contributed by atoms with Gasteiger partial charge in [-0.2, -0.15) is 5.26 Å². The highest BCUT2D eigenvalue weighted by atomic mass is 16.5. The van der Waals surface area contributed by atoms with Gasteiger partial charge in [-0.15, -0.1) is 0 Å². The first kappa shape index (κ1) is 22.2. The molecular formula is C22H25N3O6. The molecule has 1 fully saturated rings. The number of carbonyl (C=O) groups excluding carboxylic acids is 2. The molecule has 0 saturated carbocycles. The number of carbonyl (C=O) groups is 2. The van der Waals surface area contributed by atoms with Crippen molar-refractivity contribution in [2.45, 2.75) is 19.8 Å². The van der Waals surface area contributed by atoms with Crippen molar-refractivity contribution >= 4 is 11.9 Å². The van der Waals surface area contributed by atoms with E-state index in [4.69, 9.17) is 24.7 Å². The Bertz CT molecular complexity index is 939. The Morgan fingerprint density at radius 2 is 1.94 bits per heavy atom. The standard InChI is InChI=1S/C22H25N3O6/c1-3-29-22(27)19-14(2)31-21(24)17(12-23)20(19)15-4-6-16(7-5-15)30-13-18(26)25-8-10-28-11-9-25/h4-7,20H,3,8-11,13,24H2,1-2H3. The Morgan fingerprint density at radius 1 is 1.26 bits per heavy atom. The highest BCUT2D eigenvalue weighted by Crippen LogP contribution is 2.39. The Hall–Kier alpha value is -3.51. The zero-order chi connectivity index (χ0) is 22.4. The molecule has 31 heavy (non-hydrogen) atoms. The summed E-state index contributed by atoms with van der Waals surface area (Å²) in [4.78, 5) is 26.5. The van der Waals surface area contributed by atoms with E-state index in [-0.39, 0.29) is 41.9 Å². The lowest BCUT2D eigenvalue weighted by Gasteiger charge is -2.27. The number of allylic oxidation sites excluding steroid dienone is 2. The largest absolute Gasteiger partial charge is 0.484 e. The van der Waals surface area contributed by atoms with Gasteiger partial charge in [0.15, 0.2) is 6.61 Å². The Kier molecular flexibility index (Phi) is 7.15. The van der Waals surface area contributed by atoms with Gasteiger partial charge in [0.1, 0.15) is 23.2 Å². The maximum atomic E-state index is 12.5. The molecule has 2 heterocycles. The molecule has 1 saturated heterocycles. The molecule has 3 rings (SSSR count). The number of benzene rings is 1. The van der Waals surface area contributed by atoms with Crippen molar-refractivity contribution in [3.63, 3.8) is 0 Å². The quantitative estimate of drug-likeness (QED) is 0.679. The Morgan fingerprint density at radius 3 is 2.55 bits per heavy atom. The number of nitrogens with two attached hydrogens (primary N) is 1. The van der Waals surface area contributed by atoms with Crippen molar-refractivity contribution < 1.29 is 28.5 Å². The second kappa shape index (κ2) is 10.00. The van der Waals surface area contributed by atoms with E-state index < -0.39 is 11.9 Å². The molecule has 0 aliphatic carbocycles. The normalized spacial score (nSPS) is 18.9. The van der Waals surface area contributed by atoms with Crippen LogP contribution in [0.15, 0.2) is 47.1 Å². The van der Waals surface area contributed by atoms with Crippen LogP contribution in [0.25, 0.3) is 0 Å². The van der Waals surface area contributed by atoms with Gasteiger partial charge in [-0.05, 0) is 31.5 Å². The van der Waals surface area contributed by atoms with Gasteiger partial charge in [-0.25, -0.2) is 4.79 Å². The highest BCUT2D eigenvalue weighted by molar-refractivity contribution is 5.92. The van der Waals surface area contributed by atoms with E-state index in [1.165, 1.54) is 0 Å². The maximum absolute atomic E-state index is 12.5. The smallest absolute Gasteiger partial charge is 0.338 e. The van der Waals surface area contributed by atoms with E-state index in [1.807, 2.05) is 6.07 Å². The molecule has 1 unspecified atom stereocenters. The number of hydrogen-bond donors (Lipinski definition) is 1. The predicted octanol–water partition coefficient (Wildman–Crippen LogP) is 1.57. The van der Waals surface area contributed by atoms with Crippen LogP contribution in [0.3, 0.4) is 0 Å². The maximum Gasteiger partial charge on any atom is 0.338 e. The van der Waals surface area contributed by atoms with Crippen molar-refractivity contribution in [2.75, 3.05) is 39.5 Å². The van der Waals surface area contributed by atoms with Crippen LogP contribution in [0.4, 0.5) is 0 Å². The average molecular weight is 427 g/mol. The van der Waals surface area contributed by atoms with Crippen molar-refractivity contribution in [3.8, 4) is 11.8 Å². The molecule has 2 aliphatic heterocycles. The third-order valence-electron chi connectivity index (χ3n) is 5.04. The van der Waals surface area contributed by atoms with E-state index in [9.17, 15) is 14.9 Å². The van der Waals surface area contributed by atoms with Crippen LogP contribution in [0.1, 0.15) is 25.3 Å². The number of ether oxygens (including phenoxy) is 4. The molecule has 9 nitrogen and oxygen atoms in total. The SMILES string of the molecule is CCOC(=O)C1=C(C)OC(N)=C(C#N)C1c1ccc(OCC(=O)N2CCOCC2)cc1. The summed E-state index contributed by atoms with van der Waals surface area (Å²) >= 11 is 0. The monoisotopic (exact) mass is 427 g/mol. The fraction of sp³-hybridized carbons (Fsp3) is 0.409. The molecular weight excluding hydrogens is 402 g/mol. The molecule has 164 valence electrons. The summed E-state index contributed by atoms with van der Waals surface area (Å²) in [6.45, 7) is 5.57. The fourth-order valence-corrected chi connectivity index (χ4v) is 3.49. The molecule has 0 aromatic heterocycles. The minimum atomic E-state index is -0.721. The molecule has 2 aliphatic rings. The predicted molar refractivity (Wildman–Crippen MR) is 109 cm³/mol. The third kappa shape index (κ3) is 4.98. The summed E-state index contributed by atoms with van der Waals surface area (Å²) in [5, 5.41) is 9.61. The number of morpholine rings is 1. The fourth-order valence-electron chi connectivity index (χ4n) is 3.49. The molecule has 0 bridgehead atoms. The second-order valence-electron chi connectivity index (χ2n) is 6.97. The van der Waals surface area contributed by atoms with E-state index in [1.54, 1.807) is 43.0 Å². The molecule has 0 spiro atoms. The number of nitrogens with zero attached hydrogens (tertiary/aromatic N) is 2. The number of rotatable bonds is 6. The van der Waals surface area contributed by atoms with Crippen LogP contribution in [-0.2, 0) is 23.8 Å². The van der Waals surface area contributed by atoms with Crippen molar-refractivity contribution in [1.82, 2.24) is 4.90 Å². The van der Waals surface area contributed by atoms with Gasteiger partial charge in [0.2, 0.25) is 5.88 Å².